The number of nitrogens with zero attached hydrogens (tertiary/aromatic N) is 1. The topological polar surface area (TPSA) is 58.4 Å². The number of nitrogens with one attached hydrogen (secondary N) is 1. The summed E-state index contributed by atoms with van der Waals surface area (Å²) in [6.07, 6.45) is 0. The number of hydrogen-bond acceptors (Lipinski definition) is 4. The van der Waals surface area contributed by atoms with Gasteiger partial charge in [-0.15, -0.1) is 0 Å². The SMILES string of the molecule is CC(=O)c1ccc(Nc2ccc(N(C)C)cc2)cc1N. The molecule has 0 bridgehead atoms. The second kappa shape index (κ2) is 5.65. The van der Waals surface area contributed by atoms with Crippen molar-refractivity contribution in [3.63, 3.8) is 0 Å². The molecular formula is C16H19N3O. The molecule has 0 fully saturated rings. The minimum Gasteiger partial charge on any atom is -0.398 e. The Morgan fingerprint density at radius 2 is 1.65 bits per heavy atom. The van der Waals surface area contributed by atoms with Crippen molar-refractivity contribution in [2.45, 2.75) is 6.92 Å². The molecule has 104 valence electrons. The molecule has 0 aliphatic carbocycles. The van der Waals surface area contributed by atoms with E-state index >= 15 is 0 Å². The standard InChI is InChI=1S/C16H19N3O/c1-11(20)15-9-6-13(10-16(15)17)18-12-4-7-14(8-5-12)19(2)3/h4-10,18H,17H2,1-3H3. The average molecular weight is 269 g/mol. The minimum atomic E-state index is -0.0237. The van der Waals surface area contributed by atoms with Crippen molar-refractivity contribution in [1.82, 2.24) is 0 Å². The van der Waals surface area contributed by atoms with Gasteiger partial charge in [-0.05, 0) is 49.4 Å². The summed E-state index contributed by atoms with van der Waals surface area (Å²) in [5, 5.41) is 3.27. The normalized spacial score (nSPS) is 10.2. The van der Waals surface area contributed by atoms with Crippen molar-refractivity contribution >= 4 is 28.5 Å². The summed E-state index contributed by atoms with van der Waals surface area (Å²) in [4.78, 5) is 13.4. The first-order valence-corrected chi connectivity index (χ1v) is 6.42. The molecule has 0 radical (unpaired) electrons. The lowest BCUT2D eigenvalue weighted by molar-refractivity contribution is 0.101. The molecule has 0 saturated heterocycles. The molecule has 2 rings (SSSR count). The lowest BCUT2D eigenvalue weighted by Gasteiger charge is -2.14. The van der Waals surface area contributed by atoms with Crippen molar-refractivity contribution in [2.24, 2.45) is 0 Å². The molecular weight excluding hydrogens is 250 g/mol. The van der Waals surface area contributed by atoms with E-state index < -0.39 is 0 Å². The fourth-order valence-electron chi connectivity index (χ4n) is 1.97. The third kappa shape index (κ3) is 3.09. The quantitative estimate of drug-likeness (QED) is 0.660. The molecule has 4 nitrogen and oxygen atoms in total. The Labute approximate surface area is 119 Å². The van der Waals surface area contributed by atoms with Crippen molar-refractivity contribution in [3.8, 4) is 0 Å². The zero-order valence-electron chi connectivity index (χ0n) is 12.0. The van der Waals surface area contributed by atoms with Gasteiger partial charge < -0.3 is 16.0 Å². The van der Waals surface area contributed by atoms with Crippen LogP contribution in [0.4, 0.5) is 22.7 Å². The van der Waals surface area contributed by atoms with Crippen molar-refractivity contribution in [3.05, 3.63) is 48.0 Å². The van der Waals surface area contributed by atoms with Gasteiger partial charge >= 0.3 is 0 Å². The molecule has 0 aliphatic rings. The first-order valence-electron chi connectivity index (χ1n) is 6.42. The monoisotopic (exact) mass is 269 g/mol. The Bertz CT molecular complexity index is 618. The molecule has 0 spiro atoms. The van der Waals surface area contributed by atoms with Crippen LogP contribution in [0.1, 0.15) is 17.3 Å². The minimum absolute atomic E-state index is 0.0237. The fourth-order valence-corrected chi connectivity index (χ4v) is 1.97. The maximum absolute atomic E-state index is 11.3. The van der Waals surface area contributed by atoms with Crippen LogP contribution in [-0.4, -0.2) is 19.9 Å². The average Bonchev–Trinajstić information content (AvgIpc) is 2.39. The summed E-state index contributed by atoms with van der Waals surface area (Å²) in [7, 11) is 4.01. The Morgan fingerprint density at radius 1 is 1.05 bits per heavy atom. The second-order valence-electron chi connectivity index (χ2n) is 4.92. The van der Waals surface area contributed by atoms with Crippen LogP contribution in [-0.2, 0) is 0 Å². The first kappa shape index (κ1) is 13.9. The van der Waals surface area contributed by atoms with Crippen LogP contribution >= 0.6 is 0 Å². The number of anilines is 4. The van der Waals surface area contributed by atoms with Gasteiger partial charge in [0.2, 0.25) is 0 Å². The van der Waals surface area contributed by atoms with Crippen LogP contribution in [0.15, 0.2) is 42.5 Å². The van der Waals surface area contributed by atoms with E-state index in [1.807, 2.05) is 49.3 Å². The van der Waals surface area contributed by atoms with Crippen LogP contribution in [0.3, 0.4) is 0 Å². The van der Waals surface area contributed by atoms with Crippen LogP contribution in [0, 0.1) is 0 Å². The number of nitrogens with two attached hydrogens (primary N) is 1. The van der Waals surface area contributed by atoms with Crippen molar-refractivity contribution < 1.29 is 4.79 Å². The van der Waals surface area contributed by atoms with E-state index in [2.05, 4.69) is 5.32 Å². The summed E-state index contributed by atoms with van der Waals surface area (Å²) in [5.74, 6) is -0.0237. The summed E-state index contributed by atoms with van der Waals surface area (Å²) in [5.41, 5.74) is 9.90. The molecule has 4 heteroatoms. The number of Topliss-reactive ketones (excluding diaryl/α,β-unsaturated/α-hetero) is 1. The summed E-state index contributed by atoms with van der Waals surface area (Å²) >= 11 is 0. The van der Waals surface area contributed by atoms with Gasteiger partial charge in [0.1, 0.15) is 0 Å². The molecule has 2 aromatic rings. The Balaban J connectivity index is 2.17. The van der Waals surface area contributed by atoms with Crippen LogP contribution in [0.5, 0.6) is 0 Å². The molecule has 0 amide bonds. The summed E-state index contributed by atoms with van der Waals surface area (Å²) in [6.45, 7) is 1.51. The highest BCUT2D eigenvalue weighted by Crippen LogP contribution is 2.23. The zero-order chi connectivity index (χ0) is 14.7. The predicted octanol–water partition coefficient (Wildman–Crippen LogP) is 3.28. The van der Waals surface area contributed by atoms with E-state index in [9.17, 15) is 4.79 Å². The fraction of sp³-hybridized carbons (Fsp3) is 0.188. The molecule has 0 aliphatic heterocycles. The number of ketones is 1. The first-order chi connectivity index (χ1) is 9.47. The molecule has 0 saturated carbocycles. The molecule has 20 heavy (non-hydrogen) atoms. The van der Waals surface area contributed by atoms with Crippen LogP contribution in [0.2, 0.25) is 0 Å². The molecule has 3 N–H and O–H groups in total. The molecule has 0 unspecified atom stereocenters. The second-order valence-corrected chi connectivity index (χ2v) is 4.92. The summed E-state index contributed by atoms with van der Waals surface area (Å²) < 4.78 is 0. The van der Waals surface area contributed by atoms with E-state index in [-0.39, 0.29) is 5.78 Å². The van der Waals surface area contributed by atoms with Gasteiger partial charge in [0.15, 0.2) is 5.78 Å². The number of carbonyl (C=O) groups excluding carboxylic acids is 1. The van der Waals surface area contributed by atoms with E-state index in [0.29, 0.717) is 11.3 Å². The number of rotatable bonds is 4. The van der Waals surface area contributed by atoms with Gasteiger partial charge in [-0.1, -0.05) is 0 Å². The van der Waals surface area contributed by atoms with Crippen molar-refractivity contribution in [1.29, 1.82) is 0 Å². The Hall–Kier alpha value is -2.49. The van der Waals surface area contributed by atoms with Gasteiger partial charge in [0.05, 0.1) is 0 Å². The smallest absolute Gasteiger partial charge is 0.161 e. The Morgan fingerprint density at radius 3 is 2.15 bits per heavy atom. The van der Waals surface area contributed by atoms with E-state index in [1.165, 1.54) is 6.92 Å². The predicted molar refractivity (Wildman–Crippen MR) is 84.9 cm³/mol. The number of hydrogen-bond donors (Lipinski definition) is 2. The molecule has 2 aromatic carbocycles. The van der Waals surface area contributed by atoms with Gasteiger partial charge in [0.25, 0.3) is 0 Å². The highest BCUT2D eigenvalue weighted by Gasteiger charge is 2.05. The number of benzene rings is 2. The maximum Gasteiger partial charge on any atom is 0.161 e. The largest absolute Gasteiger partial charge is 0.398 e. The molecule has 0 heterocycles. The van der Waals surface area contributed by atoms with Gasteiger partial charge in [0, 0.05) is 42.4 Å². The third-order valence-electron chi connectivity index (χ3n) is 3.10. The number of carbonyl (C=O) groups is 1. The molecule has 0 atom stereocenters. The lowest BCUT2D eigenvalue weighted by atomic mass is 10.1. The van der Waals surface area contributed by atoms with Crippen molar-refractivity contribution in [2.75, 3.05) is 30.0 Å². The summed E-state index contributed by atoms with van der Waals surface area (Å²) in [6, 6.07) is 13.5. The highest BCUT2D eigenvalue weighted by molar-refractivity contribution is 5.99. The van der Waals surface area contributed by atoms with E-state index in [4.69, 9.17) is 5.73 Å². The van der Waals surface area contributed by atoms with E-state index in [1.54, 1.807) is 12.1 Å². The van der Waals surface area contributed by atoms with Gasteiger partial charge in [-0.3, -0.25) is 4.79 Å². The van der Waals surface area contributed by atoms with E-state index in [0.717, 1.165) is 17.1 Å². The molecule has 0 aromatic heterocycles. The lowest BCUT2D eigenvalue weighted by Crippen LogP contribution is -2.08. The highest BCUT2D eigenvalue weighted by atomic mass is 16.1. The Kier molecular flexibility index (Phi) is 3.94. The zero-order valence-corrected chi connectivity index (χ0v) is 12.0. The van der Waals surface area contributed by atoms with Gasteiger partial charge in [-0.2, -0.15) is 0 Å². The van der Waals surface area contributed by atoms with Crippen LogP contribution < -0.4 is 16.0 Å². The van der Waals surface area contributed by atoms with Gasteiger partial charge in [-0.25, -0.2) is 0 Å². The maximum atomic E-state index is 11.3. The third-order valence-corrected chi connectivity index (χ3v) is 3.10. The number of nitrogen functional groups attached to an aromatic ring is 1. The van der Waals surface area contributed by atoms with Crippen LogP contribution in [0.25, 0.3) is 0 Å².